The van der Waals surface area contributed by atoms with E-state index in [9.17, 15) is 13.2 Å². The number of carbonyl (C=O) groups is 1. The zero-order valence-corrected chi connectivity index (χ0v) is 16.2. The summed E-state index contributed by atoms with van der Waals surface area (Å²) in [6.45, 7) is 4.55. The van der Waals surface area contributed by atoms with Gasteiger partial charge in [-0.2, -0.15) is 0 Å². The Morgan fingerprint density at radius 3 is 2.58 bits per heavy atom. The van der Waals surface area contributed by atoms with E-state index in [0.29, 0.717) is 30.4 Å². The Labute approximate surface area is 156 Å². The molecule has 1 aliphatic heterocycles. The normalized spacial score (nSPS) is 13.5. The van der Waals surface area contributed by atoms with Gasteiger partial charge in [-0.05, 0) is 31.2 Å². The third-order valence-electron chi connectivity index (χ3n) is 3.83. The summed E-state index contributed by atoms with van der Waals surface area (Å²) in [5.41, 5.74) is 0.632. The second-order valence-corrected chi connectivity index (χ2v) is 9.04. The van der Waals surface area contributed by atoms with Crippen LogP contribution in [0, 0.1) is 6.92 Å². The van der Waals surface area contributed by atoms with E-state index in [4.69, 9.17) is 9.47 Å². The van der Waals surface area contributed by atoms with Crippen molar-refractivity contribution in [2.24, 2.45) is 0 Å². The van der Waals surface area contributed by atoms with Crippen molar-refractivity contribution < 1.29 is 22.7 Å². The van der Waals surface area contributed by atoms with Gasteiger partial charge in [-0.3, -0.25) is 4.79 Å². The zero-order valence-electron chi connectivity index (χ0n) is 14.5. The Bertz CT molecular complexity index is 908. The molecule has 0 aliphatic carbocycles. The molecule has 9 heteroatoms. The number of sulfonamides is 1. The number of amides is 1. The van der Waals surface area contributed by atoms with Crippen LogP contribution >= 0.6 is 11.3 Å². The molecule has 0 radical (unpaired) electrons. The Morgan fingerprint density at radius 1 is 1.19 bits per heavy atom. The van der Waals surface area contributed by atoms with Gasteiger partial charge in [0.15, 0.2) is 11.5 Å². The number of hydrogen-bond donors (Lipinski definition) is 1. The molecule has 0 saturated heterocycles. The first-order chi connectivity index (χ1) is 12.4. The molecule has 3 rings (SSSR count). The van der Waals surface area contributed by atoms with Crippen molar-refractivity contribution in [1.29, 1.82) is 0 Å². The first-order valence-corrected chi connectivity index (χ1v) is 10.4. The molecule has 0 bridgehead atoms. The SMILES string of the molecule is CC(=O)N(CCNS(=O)(=O)c1ccc(C)s1)c1ccc2c(c1)OCCO2. The molecule has 1 aliphatic rings. The number of carbonyl (C=O) groups excluding carboxylic acids is 1. The predicted molar refractivity (Wildman–Crippen MR) is 99.7 cm³/mol. The number of anilines is 1. The fourth-order valence-corrected chi connectivity index (χ4v) is 4.94. The van der Waals surface area contributed by atoms with Crippen LogP contribution in [0.5, 0.6) is 11.5 Å². The first-order valence-electron chi connectivity index (χ1n) is 8.11. The van der Waals surface area contributed by atoms with Crippen LogP contribution in [-0.2, 0) is 14.8 Å². The van der Waals surface area contributed by atoms with Gasteiger partial charge in [-0.1, -0.05) is 0 Å². The van der Waals surface area contributed by atoms with Crippen molar-refractivity contribution >= 4 is 33.0 Å². The van der Waals surface area contributed by atoms with Gasteiger partial charge in [0.2, 0.25) is 15.9 Å². The molecule has 0 unspecified atom stereocenters. The molecule has 2 aromatic rings. The summed E-state index contributed by atoms with van der Waals surface area (Å²) in [4.78, 5) is 14.4. The number of fused-ring (bicyclic) bond motifs is 1. The maximum absolute atomic E-state index is 12.3. The van der Waals surface area contributed by atoms with Gasteiger partial charge in [0.1, 0.15) is 17.4 Å². The minimum absolute atomic E-state index is 0.104. The van der Waals surface area contributed by atoms with Crippen LogP contribution < -0.4 is 19.1 Å². The highest BCUT2D eigenvalue weighted by Crippen LogP contribution is 2.34. The second kappa shape index (κ2) is 7.65. The van der Waals surface area contributed by atoms with E-state index in [1.807, 2.05) is 6.92 Å². The van der Waals surface area contributed by atoms with Gasteiger partial charge in [-0.25, -0.2) is 13.1 Å². The summed E-state index contributed by atoms with van der Waals surface area (Å²) in [5, 5.41) is 0. The van der Waals surface area contributed by atoms with Crippen LogP contribution in [-0.4, -0.2) is 40.6 Å². The Morgan fingerprint density at radius 2 is 1.92 bits per heavy atom. The molecular weight excluding hydrogens is 376 g/mol. The highest BCUT2D eigenvalue weighted by atomic mass is 32.2. The number of rotatable bonds is 6. The standard InChI is InChI=1S/C17H20N2O5S2/c1-12-3-6-17(25-12)26(21,22)18-7-8-19(13(2)20)14-4-5-15-16(11-14)24-10-9-23-15/h3-6,11,18H,7-10H2,1-2H3. The Balaban J connectivity index is 1.69. The van der Waals surface area contributed by atoms with E-state index in [1.165, 1.54) is 23.2 Å². The minimum Gasteiger partial charge on any atom is -0.486 e. The molecule has 0 atom stereocenters. The molecule has 0 fully saturated rings. The quantitative estimate of drug-likeness (QED) is 0.809. The summed E-state index contributed by atoms with van der Waals surface area (Å²) >= 11 is 1.21. The number of nitrogens with one attached hydrogen (secondary N) is 1. The van der Waals surface area contributed by atoms with E-state index in [2.05, 4.69) is 4.72 Å². The van der Waals surface area contributed by atoms with Crippen molar-refractivity contribution in [1.82, 2.24) is 4.72 Å². The van der Waals surface area contributed by atoms with Crippen LogP contribution in [0.3, 0.4) is 0 Å². The van der Waals surface area contributed by atoms with Crippen molar-refractivity contribution in [2.45, 2.75) is 18.1 Å². The molecule has 1 N–H and O–H groups in total. The summed E-state index contributed by atoms with van der Waals surface area (Å²) in [6, 6.07) is 8.57. The lowest BCUT2D eigenvalue weighted by Crippen LogP contribution is -2.37. The molecule has 26 heavy (non-hydrogen) atoms. The van der Waals surface area contributed by atoms with Crippen molar-refractivity contribution in [3.05, 3.63) is 35.2 Å². The zero-order chi connectivity index (χ0) is 18.7. The number of benzene rings is 1. The highest BCUT2D eigenvalue weighted by Gasteiger charge is 2.19. The highest BCUT2D eigenvalue weighted by molar-refractivity contribution is 7.91. The largest absolute Gasteiger partial charge is 0.486 e. The van der Waals surface area contributed by atoms with E-state index in [-0.39, 0.29) is 23.2 Å². The third-order valence-corrected chi connectivity index (χ3v) is 6.78. The van der Waals surface area contributed by atoms with E-state index in [1.54, 1.807) is 30.3 Å². The molecule has 2 heterocycles. The van der Waals surface area contributed by atoms with E-state index in [0.717, 1.165) is 4.88 Å². The fraction of sp³-hybridized carbons (Fsp3) is 0.353. The van der Waals surface area contributed by atoms with Gasteiger partial charge in [0, 0.05) is 36.6 Å². The van der Waals surface area contributed by atoms with Gasteiger partial charge in [-0.15, -0.1) is 11.3 Å². The lowest BCUT2D eigenvalue weighted by atomic mass is 10.2. The molecule has 140 valence electrons. The smallest absolute Gasteiger partial charge is 0.250 e. The molecule has 7 nitrogen and oxygen atoms in total. The summed E-state index contributed by atoms with van der Waals surface area (Å²) < 4.78 is 38.4. The summed E-state index contributed by atoms with van der Waals surface area (Å²) in [7, 11) is -3.57. The maximum atomic E-state index is 12.3. The maximum Gasteiger partial charge on any atom is 0.250 e. The number of aryl methyl sites for hydroxylation is 1. The number of hydrogen-bond acceptors (Lipinski definition) is 6. The van der Waals surface area contributed by atoms with Crippen LogP contribution in [0.15, 0.2) is 34.5 Å². The van der Waals surface area contributed by atoms with Gasteiger partial charge in [0.25, 0.3) is 0 Å². The van der Waals surface area contributed by atoms with Gasteiger partial charge in [0.05, 0.1) is 0 Å². The number of thiophene rings is 1. The number of ether oxygens (including phenoxy) is 2. The summed E-state index contributed by atoms with van der Waals surface area (Å²) in [5.74, 6) is 1.03. The fourth-order valence-electron chi connectivity index (χ4n) is 2.59. The second-order valence-electron chi connectivity index (χ2n) is 5.76. The van der Waals surface area contributed by atoms with E-state index < -0.39 is 10.0 Å². The van der Waals surface area contributed by atoms with Crippen molar-refractivity contribution in [3.8, 4) is 11.5 Å². The third kappa shape index (κ3) is 4.17. The van der Waals surface area contributed by atoms with E-state index >= 15 is 0 Å². The van der Waals surface area contributed by atoms with Crippen LogP contribution in [0.1, 0.15) is 11.8 Å². The van der Waals surface area contributed by atoms with Crippen LogP contribution in [0.25, 0.3) is 0 Å². The molecule has 1 aromatic heterocycles. The monoisotopic (exact) mass is 396 g/mol. The lowest BCUT2D eigenvalue weighted by molar-refractivity contribution is -0.116. The average molecular weight is 396 g/mol. The Hall–Kier alpha value is -2.10. The van der Waals surface area contributed by atoms with Crippen LogP contribution in [0.4, 0.5) is 5.69 Å². The molecule has 0 spiro atoms. The minimum atomic E-state index is -3.57. The topological polar surface area (TPSA) is 84.9 Å². The molecule has 1 aromatic carbocycles. The van der Waals surface area contributed by atoms with Crippen LogP contribution in [0.2, 0.25) is 0 Å². The van der Waals surface area contributed by atoms with Gasteiger partial charge >= 0.3 is 0 Å². The van der Waals surface area contributed by atoms with Crippen molar-refractivity contribution in [3.63, 3.8) is 0 Å². The Kier molecular flexibility index (Phi) is 5.49. The lowest BCUT2D eigenvalue weighted by Gasteiger charge is -2.24. The molecule has 1 amide bonds. The molecule has 0 saturated carbocycles. The average Bonchev–Trinajstić information content (AvgIpc) is 3.05. The molecular formula is C17H20N2O5S2. The predicted octanol–water partition coefficient (Wildman–Crippen LogP) is 2.16. The summed E-state index contributed by atoms with van der Waals surface area (Å²) in [6.07, 6.45) is 0. The van der Waals surface area contributed by atoms with Gasteiger partial charge < -0.3 is 14.4 Å². The first kappa shape index (κ1) is 18.7. The number of nitrogens with zero attached hydrogens (tertiary/aromatic N) is 1. The van der Waals surface area contributed by atoms with Crippen molar-refractivity contribution in [2.75, 3.05) is 31.2 Å².